The van der Waals surface area contributed by atoms with Gasteiger partial charge in [0.15, 0.2) is 30.5 Å². The van der Waals surface area contributed by atoms with Crippen molar-refractivity contribution in [2.24, 2.45) is 0 Å². The van der Waals surface area contributed by atoms with Gasteiger partial charge in [-0.15, -0.1) is 14.6 Å². The topological polar surface area (TPSA) is 323 Å². The number of hydrogen-bond donors (Lipinski definition) is 2. The molecule has 2 aromatic heterocycles. The highest BCUT2D eigenvalue weighted by molar-refractivity contribution is 7.92. The van der Waals surface area contributed by atoms with Crippen LogP contribution in [0.4, 0.5) is 5.82 Å². The minimum atomic E-state index is -4.44. The highest BCUT2D eigenvalue weighted by atomic mass is 32.2. The standard InChI is InChI=1S/C37H53N7O18S3/c1-19(45)16-27-39-40-36(63-27)65(53,54)43-26(46)10-11-28(47)57-20(2)31(48)58-21(3)32(49)59-22(4)33(50)60-23(5)34(51)61-24(6)35(52)62-25(17-38-37(7,8)9)18-56-30-29(41-64-42-30)44-12-14-55-15-13-44/h20-25,38H,10-18H2,1-9H3,(H,43,46). The molecule has 1 aliphatic heterocycles. The van der Waals surface area contributed by atoms with Crippen molar-refractivity contribution in [2.75, 3.05) is 44.4 Å². The molecule has 28 heteroatoms. The zero-order valence-corrected chi connectivity index (χ0v) is 39.6. The minimum absolute atomic E-state index is 0.118. The summed E-state index contributed by atoms with van der Waals surface area (Å²) in [5, 5.41) is 10.4. The molecular formula is C37H53N7O18S3. The van der Waals surface area contributed by atoms with Crippen LogP contribution < -0.4 is 19.7 Å². The van der Waals surface area contributed by atoms with Crippen molar-refractivity contribution < 1.29 is 84.7 Å². The van der Waals surface area contributed by atoms with Crippen molar-refractivity contribution in [2.45, 2.75) is 128 Å². The average molecular weight is 980 g/mol. The summed E-state index contributed by atoms with van der Waals surface area (Å²) in [4.78, 5) is 101. The number of hydrogen-bond acceptors (Lipinski definition) is 26. The van der Waals surface area contributed by atoms with Gasteiger partial charge >= 0.3 is 35.8 Å². The molecule has 6 unspecified atom stereocenters. The minimum Gasteiger partial charge on any atom is -0.470 e. The van der Waals surface area contributed by atoms with Crippen LogP contribution in [-0.4, -0.2) is 156 Å². The lowest BCUT2D eigenvalue weighted by Crippen LogP contribution is -2.45. The predicted molar refractivity (Wildman–Crippen MR) is 223 cm³/mol. The maximum Gasteiger partial charge on any atom is 0.347 e. The third kappa shape index (κ3) is 18.5. The Hall–Kier alpha value is -5.45. The number of amides is 1. The number of carbonyl (C=O) groups excluding carboxylic acids is 8. The molecule has 1 aliphatic rings. The Balaban J connectivity index is 1.41. The van der Waals surface area contributed by atoms with Crippen LogP contribution in [0.2, 0.25) is 0 Å². The number of nitrogens with one attached hydrogen (secondary N) is 2. The predicted octanol–water partition coefficient (Wildman–Crippen LogP) is -0.0198. The smallest absolute Gasteiger partial charge is 0.347 e. The summed E-state index contributed by atoms with van der Waals surface area (Å²) in [5.41, 5.74) is -0.358. The first-order chi connectivity index (χ1) is 30.3. The van der Waals surface area contributed by atoms with E-state index < -0.39 is 106 Å². The number of esters is 6. The molecule has 1 amide bonds. The zero-order valence-electron chi connectivity index (χ0n) is 37.1. The molecule has 3 rings (SSSR count). The molecular weight excluding hydrogens is 927 g/mol. The van der Waals surface area contributed by atoms with Gasteiger partial charge in [-0.3, -0.25) is 14.4 Å². The fourth-order valence-electron chi connectivity index (χ4n) is 4.89. The normalized spacial score (nSPS) is 15.7. The molecule has 1 fully saturated rings. The largest absolute Gasteiger partial charge is 0.470 e. The van der Waals surface area contributed by atoms with E-state index in [0.717, 1.165) is 39.4 Å². The summed E-state index contributed by atoms with van der Waals surface area (Å²) in [6, 6.07) is 0. The van der Waals surface area contributed by atoms with E-state index in [9.17, 15) is 46.8 Å². The van der Waals surface area contributed by atoms with Gasteiger partial charge in [-0.1, -0.05) is 11.3 Å². The number of morpholine rings is 1. The Labute approximate surface area is 382 Å². The van der Waals surface area contributed by atoms with Crippen LogP contribution in [-0.2, 0) is 88.0 Å². The Morgan fingerprint density at radius 3 is 1.75 bits per heavy atom. The Morgan fingerprint density at radius 1 is 0.738 bits per heavy atom. The lowest BCUT2D eigenvalue weighted by molar-refractivity contribution is -0.187. The van der Waals surface area contributed by atoms with E-state index in [1.54, 1.807) is 4.72 Å². The van der Waals surface area contributed by atoms with Crippen molar-refractivity contribution in [1.29, 1.82) is 0 Å². The van der Waals surface area contributed by atoms with Crippen molar-refractivity contribution in [3.8, 4) is 5.88 Å². The molecule has 65 heavy (non-hydrogen) atoms. The molecule has 1 saturated heterocycles. The van der Waals surface area contributed by atoms with Crippen LogP contribution >= 0.6 is 23.1 Å². The van der Waals surface area contributed by atoms with Gasteiger partial charge in [0.1, 0.15) is 23.5 Å². The summed E-state index contributed by atoms with van der Waals surface area (Å²) in [5.74, 6) is -7.37. The summed E-state index contributed by atoms with van der Waals surface area (Å²) < 4.78 is 76.5. The van der Waals surface area contributed by atoms with Crippen molar-refractivity contribution in [3.05, 3.63) is 5.01 Å². The fraction of sp³-hybridized carbons (Fsp3) is 0.676. The maximum absolute atomic E-state index is 13.1. The van der Waals surface area contributed by atoms with Gasteiger partial charge in [0.25, 0.3) is 20.2 Å². The highest BCUT2D eigenvalue weighted by Crippen LogP contribution is 2.26. The first-order valence-corrected chi connectivity index (χ1v) is 23.0. The number of ketones is 1. The number of anilines is 1. The number of Topliss-reactive ketones (excluding diaryl/α,β-unsaturated/α-hetero) is 1. The van der Waals surface area contributed by atoms with Crippen molar-refractivity contribution >= 4 is 86.4 Å². The molecule has 3 heterocycles. The second kappa shape index (κ2) is 24.7. The highest BCUT2D eigenvalue weighted by Gasteiger charge is 2.33. The van der Waals surface area contributed by atoms with E-state index in [2.05, 4.69) is 24.3 Å². The van der Waals surface area contributed by atoms with Gasteiger partial charge in [-0.05, 0) is 62.3 Å². The Bertz CT molecular complexity index is 2120. The quantitative estimate of drug-likeness (QED) is 0.103. The molecule has 6 atom stereocenters. The third-order valence-electron chi connectivity index (χ3n) is 8.32. The fourth-order valence-corrected chi connectivity index (χ4v) is 7.54. The lowest BCUT2D eigenvalue weighted by atomic mass is 10.1. The maximum atomic E-state index is 13.1. The van der Waals surface area contributed by atoms with Crippen molar-refractivity contribution in [1.82, 2.24) is 29.0 Å². The number of ether oxygens (including phenoxy) is 8. The van der Waals surface area contributed by atoms with Crippen LogP contribution in [0.15, 0.2) is 4.34 Å². The molecule has 0 aromatic carbocycles. The van der Waals surface area contributed by atoms with Gasteiger partial charge in [-0.2, -0.15) is 12.8 Å². The molecule has 2 aromatic rings. The average Bonchev–Trinajstić information content (AvgIpc) is 3.91. The summed E-state index contributed by atoms with van der Waals surface area (Å²) >= 11 is 1.55. The van der Waals surface area contributed by atoms with Crippen LogP contribution in [0.5, 0.6) is 5.88 Å². The van der Waals surface area contributed by atoms with Gasteiger partial charge in [-0.25, -0.2) is 28.7 Å². The first kappa shape index (κ1) is 53.9. The molecule has 0 aliphatic carbocycles. The zero-order chi connectivity index (χ0) is 48.6. The van der Waals surface area contributed by atoms with E-state index in [4.69, 9.17) is 37.9 Å². The lowest BCUT2D eigenvalue weighted by Gasteiger charge is -2.28. The monoisotopic (exact) mass is 979 g/mol. The van der Waals surface area contributed by atoms with E-state index in [-0.39, 0.29) is 41.8 Å². The van der Waals surface area contributed by atoms with Gasteiger partial charge < -0.3 is 48.1 Å². The molecule has 0 bridgehead atoms. The summed E-state index contributed by atoms with van der Waals surface area (Å²) in [7, 11) is -4.44. The first-order valence-electron chi connectivity index (χ1n) is 20.0. The summed E-state index contributed by atoms with van der Waals surface area (Å²) in [6.45, 7) is 15.0. The number of aromatic nitrogens is 4. The number of carbonyl (C=O) groups is 8. The van der Waals surface area contributed by atoms with E-state index in [0.29, 0.717) is 43.5 Å². The van der Waals surface area contributed by atoms with Gasteiger partial charge in [0, 0.05) is 31.6 Å². The Morgan fingerprint density at radius 2 is 1.25 bits per heavy atom. The SMILES string of the molecule is CC(=O)Cc1nnc(S(=O)(=O)NC(=O)CCC(=O)OC(C)C(=O)OC(C)C(=O)OC(C)C(=O)OC(C)C(=O)OC(C)C(=O)OC(CNC(C)(C)C)COc2nsnc2N2CCOCC2)s1. The molecule has 25 nitrogen and oxygen atoms in total. The second-order valence-corrected chi connectivity index (χ2v) is 18.8. The van der Waals surface area contributed by atoms with Crippen LogP contribution in [0.3, 0.4) is 0 Å². The second-order valence-electron chi connectivity index (χ2n) is 15.3. The van der Waals surface area contributed by atoms with Crippen LogP contribution in [0.25, 0.3) is 0 Å². The molecule has 362 valence electrons. The van der Waals surface area contributed by atoms with E-state index in [1.807, 2.05) is 25.7 Å². The van der Waals surface area contributed by atoms with E-state index >= 15 is 0 Å². The van der Waals surface area contributed by atoms with Crippen LogP contribution in [0, 0.1) is 0 Å². The Kier molecular flexibility index (Phi) is 20.5. The number of nitrogens with zero attached hydrogens (tertiary/aromatic N) is 5. The van der Waals surface area contributed by atoms with Gasteiger partial charge in [0.2, 0.25) is 11.7 Å². The van der Waals surface area contributed by atoms with Crippen molar-refractivity contribution in [3.63, 3.8) is 0 Å². The molecule has 0 radical (unpaired) electrons. The van der Waals surface area contributed by atoms with E-state index in [1.165, 1.54) is 13.8 Å². The summed E-state index contributed by atoms with van der Waals surface area (Å²) in [6.07, 6.45) is -10.3. The number of rotatable bonds is 24. The van der Waals surface area contributed by atoms with Crippen LogP contribution in [0.1, 0.15) is 80.2 Å². The van der Waals surface area contributed by atoms with Gasteiger partial charge in [0.05, 0.1) is 37.8 Å². The number of sulfonamides is 1. The molecule has 0 saturated carbocycles. The third-order valence-corrected chi connectivity index (χ3v) is 11.5. The molecule has 0 spiro atoms. The molecule has 2 N–H and O–H groups in total.